The van der Waals surface area contributed by atoms with Crippen molar-refractivity contribution in [3.63, 3.8) is 0 Å². The number of nitrogens with zero attached hydrogens (tertiary/aromatic N) is 1. The van der Waals surface area contributed by atoms with Gasteiger partial charge in [-0.2, -0.15) is 8.78 Å². The Kier molecular flexibility index (Phi) is 6.21. The molecule has 2 aromatic carbocycles. The van der Waals surface area contributed by atoms with Crippen molar-refractivity contribution in [3.8, 4) is 5.75 Å². The van der Waals surface area contributed by atoms with E-state index in [-0.39, 0.29) is 12.8 Å². The van der Waals surface area contributed by atoms with Crippen LogP contribution in [-0.2, 0) is 6.42 Å². The van der Waals surface area contributed by atoms with Crippen molar-refractivity contribution < 1.29 is 31.5 Å². The molecule has 0 N–H and O–H groups in total. The molecule has 3 nitrogen and oxygen atoms in total. The number of allylic oxidation sites excluding steroid dienone is 1. The van der Waals surface area contributed by atoms with Gasteiger partial charge in [-0.05, 0) is 43.3 Å². The lowest BCUT2D eigenvalue weighted by molar-refractivity contribution is 0.0729. The summed E-state index contributed by atoms with van der Waals surface area (Å²) in [6.07, 6.45) is -0.975. The van der Waals surface area contributed by atoms with Crippen LogP contribution in [0, 0.1) is 17.5 Å². The number of hydrogen-bond donors (Lipinski definition) is 0. The molecule has 2 rings (SSSR count). The average Bonchev–Trinajstić information content (AvgIpc) is 2.54. The molecule has 0 amide bonds. The predicted molar refractivity (Wildman–Crippen MR) is 85.5 cm³/mol. The number of carbonyl (C=O) groups excluding carboxylic acids is 1. The van der Waals surface area contributed by atoms with Gasteiger partial charge >= 0.3 is 5.97 Å². The Morgan fingerprint density at radius 2 is 1.73 bits per heavy atom. The highest BCUT2D eigenvalue weighted by Gasteiger charge is 2.17. The van der Waals surface area contributed by atoms with Crippen molar-refractivity contribution in [3.05, 3.63) is 71.1 Å². The van der Waals surface area contributed by atoms with Crippen LogP contribution in [0.1, 0.15) is 22.3 Å². The Morgan fingerprint density at radius 1 is 1.08 bits per heavy atom. The van der Waals surface area contributed by atoms with E-state index in [1.165, 1.54) is 6.07 Å². The average molecular weight is 369 g/mol. The molecule has 0 aromatic heterocycles. The zero-order valence-electron chi connectivity index (χ0n) is 13.2. The van der Waals surface area contributed by atoms with Crippen LogP contribution in [-0.4, -0.2) is 12.7 Å². The number of hydrogen-bond acceptors (Lipinski definition) is 3. The monoisotopic (exact) mass is 369 g/mol. The normalized spacial score (nSPS) is 10.3. The van der Waals surface area contributed by atoms with E-state index in [9.17, 15) is 26.7 Å². The number of benzene rings is 2. The van der Waals surface area contributed by atoms with Gasteiger partial charge in [0.15, 0.2) is 11.6 Å². The van der Waals surface area contributed by atoms with Gasteiger partial charge in [0, 0.05) is 12.1 Å². The van der Waals surface area contributed by atoms with Crippen LogP contribution in [0.2, 0.25) is 0 Å². The summed E-state index contributed by atoms with van der Waals surface area (Å²) >= 11 is 0. The van der Waals surface area contributed by atoms with E-state index in [1.807, 2.05) is 0 Å². The standard InChI is InChI=1S/C18H12F5NO2/c1-24-17-14(20)8-11(9-15(17)21)26-18(25)12-6-5-10(7-13(12)19)3-2-4-16(22)23/h4-9H,1-3H2. The molecule has 0 aliphatic heterocycles. The van der Waals surface area contributed by atoms with Gasteiger partial charge in [-0.15, -0.1) is 0 Å². The molecule has 0 spiro atoms. The highest BCUT2D eigenvalue weighted by Crippen LogP contribution is 2.27. The molecule has 0 unspecified atom stereocenters. The van der Waals surface area contributed by atoms with E-state index in [0.717, 1.165) is 24.3 Å². The number of halogens is 5. The second-order valence-electron chi connectivity index (χ2n) is 5.13. The minimum absolute atomic E-state index is 0.00775. The van der Waals surface area contributed by atoms with Gasteiger partial charge in [-0.3, -0.25) is 4.99 Å². The molecule has 0 atom stereocenters. The van der Waals surface area contributed by atoms with Crippen LogP contribution >= 0.6 is 0 Å². The van der Waals surface area contributed by atoms with Crippen LogP contribution in [0.15, 0.2) is 47.5 Å². The van der Waals surface area contributed by atoms with Gasteiger partial charge < -0.3 is 4.74 Å². The lowest BCUT2D eigenvalue weighted by Gasteiger charge is -2.08. The van der Waals surface area contributed by atoms with Gasteiger partial charge in [-0.25, -0.2) is 18.0 Å². The number of esters is 1. The van der Waals surface area contributed by atoms with E-state index in [4.69, 9.17) is 4.74 Å². The largest absolute Gasteiger partial charge is 0.423 e. The lowest BCUT2D eigenvalue weighted by atomic mass is 10.1. The van der Waals surface area contributed by atoms with Crippen molar-refractivity contribution in [1.82, 2.24) is 0 Å². The fourth-order valence-electron chi connectivity index (χ4n) is 2.14. The van der Waals surface area contributed by atoms with Crippen LogP contribution in [0.4, 0.5) is 27.6 Å². The quantitative estimate of drug-likeness (QED) is 0.297. The summed E-state index contributed by atoms with van der Waals surface area (Å²) < 4.78 is 69.9. The van der Waals surface area contributed by atoms with Crippen molar-refractivity contribution in [2.75, 3.05) is 0 Å². The zero-order chi connectivity index (χ0) is 19.3. The van der Waals surface area contributed by atoms with Gasteiger partial charge in [0.1, 0.15) is 17.3 Å². The second-order valence-corrected chi connectivity index (χ2v) is 5.13. The molecule has 0 saturated carbocycles. The van der Waals surface area contributed by atoms with E-state index in [1.54, 1.807) is 0 Å². The van der Waals surface area contributed by atoms with E-state index in [2.05, 4.69) is 11.7 Å². The molecule has 0 aliphatic rings. The van der Waals surface area contributed by atoms with Crippen molar-refractivity contribution in [2.24, 2.45) is 4.99 Å². The summed E-state index contributed by atoms with van der Waals surface area (Å²) in [5, 5.41) is 0. The fourth-order valence-corrected chi connectivity index (χ4v) is 2.14. The molecule has 26 heavy (non-hydrogen) atoms. The number of ether oxygens (including phenoxy) is 1. The molecular weight excluding hydrogens is 357 g/mol. The molecule has 0 heterocycles. The first kappa shape index (κ1) is 19.3. The molecule has 0 fully saturated rings. The minimum atomic E-state index is -1.83. The van der Waals surface area contributed by atoms with Gasteiger partial charge in [0.25, 0.3) is 6.08 Å². The maximum atomic E-state index is 14.0. The van der Waals surface area contributed by atoms with E-state index < -0.39 is 46.5 Å². The van der Waals surface area contributed by atoms with Gasteiger partial charge in [0.2, 0.25) is 0 Å². The van der Waals surface area contributed by atoms with Gasteiger partial charge in [-0.1, -0.05) is 6.07 Å². The SMILES string of the molecule is C=Nc1c(F)cc(OC(=O)c2ccc(CCC=C(F)F)cc2F)cc1F. The van der Waals surface area contributed by atoms with Crippen molar-refractivity contribution >= 4 is 18.4 Å². The van der Waals surface area contributed by atoms with Crippen molar-refractivity contribution in [1.29, 1.82) is 0 Å². The molecular formula is C18H12F5NO2. The Labute approximate surface area is 145 Å². The first-order valence-electron chi connectivity index (χ1n) is 7.29. The third kappa shape index (κ3) is 4.75. The highest BCUT2D eigenvalue weighted by molar-refractivity contribution is 5.91. The second kappa shape index (κ2) is 8.37. The summed E-state index contributed by atoms with van der Waals surface area (Å²) in [6.45, 7) is 3.01. The summed E-state index contributed by atoms with van der Waals surface area (Å²) in [7, 11) is 0. The molecule has 0 bridgehead atoms. The zero-order valence-corrected chi connectivity index (χ0v) is 13.2. The van der Waals surface area contributed by atoms with Crippen molar-refractivity contribution in [2.45, 2.75) is 12.8 Å². The van der Waals surface area contributed by atoms with Crippen LogP contribution in [0.25, 0.3) is 0 Å². The predicted octanol–water partition coefficient (Wildman–Crippen LogP) is 5.37. The number of carbonyl (C=O) groups is 1. The number of rotatable bonds is 6. The topological polar surface area (TPSA) is 38.7 Å². The third-order valence-electron chi connectivity index (χ3n) is 3.34. The molecule has 2 aromatic rings. The van der Waals surface area contributed by atoms with E-state index in [0.29, 0.717) is 11.6 Å². The number of aliphatic imine (C=N–C) groups is 1. The third-order valence-corrected chi connectivity index (χ3v) is 3.34. The molecule has 8 heteroatoms. The van der Waals surface area contributed by atoms with Crippen LogP contribution in [0.5, 0.6) is 5.75 Å². The minimum Gasteiger partial charge on any atom is -0.423 e. The molecule has 0 saturated heterocycles. The first-order chi connectivity index (χ1) is 12.3. The molecule has 0 radical (unpaired) electrons. The Balaban J connectivity index is 2.15. The van der Waals surface area contributed by atoms with Gasteiger partial charge in [0.05, 0.1) is 5.56 Å². The maximum Gasteiger partial charge on any atom is 0.346 e. The highest BCUT2D eigenvalue weighted by atomic mass is 19.3. The van der Waals surface area contributed by atoms with Crippen LogP contribution < -0.4 is 4.74 Å². The lowest BCUT2D eigenvalue weighted by Crippen LogP contribution is -2.11. The van der Waals surface area contributed by atoms with E-state index >= 15 is 0 Å². The maximum absolute atomic E-state index is 14.0. The Morgan fingerprint density at radius 3 is 2.27 bits per heavy atom. The Bertz CT molecular complexity index is 853. The number of aryl methyl sites for hydroxylation is 1. The van der Waals surface area contributed by atoms with Crippen LogP contribution in [0.3, 0.4) is 0 Å². The molecule has 136 valence electrons. The summed E-state index contributed by atoms with van der Waals surface area (Å²) in [6, 6.07) is 4.92. The Hall–Kier alpha value is -3.03. The summed E-state index contributed by atoms with van der Waals surface area (Å²) in [5.74, 6) is -4.76. The summed E-state index contributed by atoms with van der Waals surface area (Å²) in [5.41, 5.74) is -0.693. The summed E-state index contributed by atoms with van der Waals surface area (Å²) in [4.78, 5) is 15.1. The smallest absolute Gasteiger partial charge is 0.346 e. The first-order valence-corrected chi connectivity index (χ1v) is 7.29. The molecule has 0 aliphatic carbocycles. The fraction of sp³-hybridized carbons (Fsp3) is 0.111.